The molecule has 30 heavy (non-hydrogen) atoms. The average molecular weight is 407 g/mol. The zero-order valence-electron chi connectivity index (χ0n) is 17.8. The quantitative estimate of drug-likeness (QED) is 0.267. The molecule has 0 aliphatic rings. The number of hydrogen-bond acceptors (Lipinski definition) is 4. The third kappa shape index (κ3) is 8.00. The molecule has 0 fully saturated rings. The number of nitrogens with zero attached hydrogens (tertiary/aromatic N) is 1. The summed E-state index contributed by atoms with van der Waals surface area (Å²) in [6.07, 6.45) is 8.93. The summed E-state index contributed by atoms with van der Waals surface area (Å²) in [7, 11) is 1.58. The molecule has 0 saturated heterocycles. The molecule has 0 bridgehead atoms. The predicted molar refractivity (Wildman–Crippen MR) is 121 cm³/mol. The Bertz CT molecular complexity index is 849. The van der Waals surface area contributed by atoms with E-state index < -0.39 is 5.91 Å². The highest BCUT2D eigenvalue weighted by atomic mass is 16.5. The molecule has 5 heteroatoms. The molecule has 0 unspecified atom stereocenters. The van der Waals surface area contributed by atoms with Crippen molar-refractivity contribution in [1.29, 1.82) is 5.26 Å². The first-order chi connectivity index (χ1) is 14.7. The standard InChI is InChI=1S/C25H30N2O3/c1-3-4-5-6-7-8-17-30-24-13-9-20(10-14-24)18-21(19-26)25(28)27-22-11-15-23(29-2)16-12-22/h9-16,18H,3-8,17H2,1-2H3,(H,27,28)/b21-18-. The zero-order valence-corrected chi connectivity index (χ0v) is 17.8. The molecule has 5 nitrogen and oxygen atoms in total. The lowest BCUT2D eigenvalue weighted by atomic mass is 10.1. The van der Waals surface area contributed by atoms with Gasteiger partial charge in [0.1, 0.15) is 23.1 Å². The van der Waals surface area contributed by atoms with Crippen LogP contribution < -0.4 is 14.8 Å². The highest BCUT2D eigenvalue weighted by Gasteiger charge is 2.09. The molecule has 0 heterocycles. The number of unbranched alkanes of at least 4 members (excludes halogenated alkanes) is 5. The van der Waals surface area contributed by atoms with Gasteiger partial charge in [0.15, 0.2) is 0 Å². The molecule has 2 aromatic carbocycles. The van der Waals surface area contributed by atoms with Crippen LogP contribution in [-0.2, 0) is 4.79 Å². The largest absolute Gasteiger partial charge is 0.497 e. The van der Waals surface area contributed by atoms with Crippen LogP contribution in [0.2, 0.25) is 0 Å². The number of nitrogens with one attached hydrogen (secondary N) is 1. The van der Waals surface area contributed by atoms with Crippen molar-refractivity contribution in [3.63, 3.8) is 0 Å². The van der Waals surface area contributed by atoms with E-state index >= 15 is 0 Å². The first-order valence-electron chi connectivity index (χ1n) is 10.5. The van der Waals surface area contributed by atoms with Crippen molar-refractivity contribution in [3.05, 3.63) is 59.7 Å². The number of nitriles is 1. The molecular weight excluding hydrogens is 376 g/mol. The van der Waals surface area contributed by atoms with E-state index in [-0.39, 0.29) is 5.57 Å². The van der Waals surface area contributed by atoms with E-state index in [2.05, 4.69) is 12.2 Å². The van der Waals surface area contributed by atoms with Gasteiger partial charge in [0, 0.05) is 5.69 Å². The topological polar surface area (TPSA) is 71.3 Å². The monoisotopic (exact) mass is 406 g/mol. The highest BCUT2D eigenvalue weighted by Crippen LogP contribution is 2.18. The second kappa shape index (κ2) is 13.1. The predicted octanol–water partition coefficient (Wildman–Crippen LogP) is 5.98. The number of amides is 1. The fraction of sp³-hybridized carbons (Fsp3) is 0.360. The van der Waals surface area contributed by atoms with Crippen molar-refractivity contribution in [2.24, 2.45) is 0 Å². The number of rotatable bonds is 12. The van der Waals surface area contributed by atoms with E-state index in [9.17, 15) is 10.1 Å². The van der Waals surface area contributed by atoms with Crippen molar-refractivity contribution in [3.8, 4) is 17.6 Å². The smallest absolute Gasteiger partial charge is 0.266 e. The molecule has 2 rings (SSSR count). The van der Waals surface area contributed by atoms with Crippen LogP contribution in [0.3, 0.4) is 0 Å². The number of hydrogen-bond donors (Lipinski definition) is 1. The number of carbonyl (C=O) groups is 1. The van der Waals surface area contributed by atoms with E-state index in [1.165, 1.54) is 32.1 Å². The van der Waals surface area contributed by atoms with Gasteiger partial charge in [0.25, 0.3) is 5.91 Å². The van der Waals surface area contributed by atoms with Gasteiger partial charge >= 0.3 is 0 Å². The average Bonchev–Trinajstić information content (AvgIpc) is 2.78. The van der Waals surface area contributed by atoms with Gasteiger partial charge < -0.3 is 14.8 Å². The molecule has 0 spiro atoms. The van der Waals surface area contributed by atoms with Crippen molar-refractivity contribution in [2.45, 2.75) is 45.4 Å². The van der Waals surface area contributed by atoms with E-state index in [0.29, 0.717) is 18.0 Å². The summed E-state index contributed by atoms with van der Waals surface area (Å²) in [5.41, 5.74) is 1.40. The summed E-state index contributed by atoms with van der Waals surface area (Å²) in [5, 5.41) is 12.1. The fourth-order valence-electron chi connectivity index (χ4n) is 2.92. The Balaban J connectivity index is 1.86. The second-order valence-corrected chi connectivity index (χ2v) is 7.04. The molecule has 2 aromatic rings. The molecule has 0 radical (unpaired) electrons. The van der Waals surface area contributed by atoms with Gasteiger partial charge in [-0.3, -0.25) is 4.79 Å². The van der Waals surface area contributed by atoms with E-state index in [1.807, 2.05) is 30.3 Å². The summed E-state index contributed by atoms with van der Waals surface area (Å²) >= 11 is 0. The lowest BCUT2D eigenvalue weighted by molar-refractivity contribution is -0.112. The Morgan fingerprint density at radius 2 is 1.60 bits per heavy atom. The lowest BCUT2D eigenvalue weighted by Gasteiger charge is -2.07. The van der Waals surface area contributed by atoms with Gasteiger partial charge in [-0.15, -0.1) is 0 Å². The van der Waals surface area contributed by atoms with E-state index in [0.717, 1.165) is 17.7 Å². The molecule has 0 atom stereocenters. The van der Waals surface area contributed by atoms with Gasteiger partial charge in [0.05, 0.1) is 13.7 Å². The van der Waals surface area contributed by atoms with Crippen LogP contribution in [0, 0.1) is 11.3 Å². The summed E-state index contributed by atoms with van der Waals surface area (Å²) in [4.78, 5) is 12.4. The van der Waals surface area contributed by atoms with Crippen LogP contribution in [0.4, 0.5) is 5.69 Å². The Kier molecular flexibility index (Phi) is 10.0. The fourth-order valence-corrected chi connectivity index (χ4v) is 2.92. The normalized spacial score (nSPS) is 10.9. The van der Waals surface area contributed by atoms with Gasteiger partial charge in [0.2, 0.25) is 0 Å². The number of benzene rings is 2. The summed E-state index contributed by atoms with van der Waals surface area (Å²) in [5.74, 6) is 1.04. The number of carbonyl (C=O) groups excluding carboxylic acids is 1. The molecule has 0 aromatic heterocycles. The summed E-state index contributed by atoms with van der Waals surface area (Å²) in [6.45, 7) is 2.92. The maximum Gasteiger partial charge on any atom is 0.266 e. The van der Waals surface area contributed by atoms with Crippen molar-refractivity contribution in [1.82, 2.24) is 0 Å². The van der Waals surface area contributed by atoms with Crippen molar-refractivity contribution >= 4 is 17.7 Å². The zero-order chi connectivity index (χ0) is 21.6. The minimum Gasteiger partial charge on any atom is -0.497 e. The summed E-state index contributed by atoms with van der Waals surface area (Å²) in [6, 6.07) is 16.3. The van der Waals surface area contributed by atoms with Crippen LogP contribution >= 0.6 is 0 Å². The SMILES string of the molecule is CCCCCCCCOc1ccc(/C=C(/C#N)C(=O)Nc2ccc(OC)cc2)cc1. The first kappa shape index (κ1) is 23.0. The van der Waals surface area contributed by atoms with Crippen LogP contribution in [0.25, 0.3) is 6.08 Å². The number of methoxy groups -OCH3 is 1. The number of ether oxygens (including phenoxy) is 2. The lowest BCUT2D eigenvalue weighted by Crippen LogP contribution is -2.13. The van der Waals surface area contributed by atoms with Crippen LogP contribution in [0.1, 0.15) is 51.0 Å². The molecule has 0 aliphatic heterocycles. The Morgan fingerprint density at radius 1 is 0.967 bits per heavy atom. The number of anilines is 1. The second-order valence-electron chi connectivity index (χ2n) is 7.04. The maximum atomic E-state index is 12.4. The molecule has 1 amide bonds. The Morgan fingerprint density at radius 3 is 2.23 bits per heavy atom. The minimum atomic E-state index is -0.453. The Hall–Kier alpha value is -3.26. The highest BCUT2D eigenvalue weighted by molar-refractivity contribution is 6.09. The minimum absolute atomic E-state index is 0.0339. The van der Waals surface area contributed by atoms with Crippen molar-refractivity contribution in [2.75, 3.05) is 19.0 Å². The van der Waals surface area contributed by atoms with Gasteiger partial charge in [-0.25, -0.2) is 0 Å². The van der Waals surface area contributed by atoms with Gasteiger partial charge in [-0.2, -0.15) is 5.26 Å². The third-order valence-corrected chi connectivity index (χ3v) is 4.67. The Labute approximate surface area is 179 Å². The van der Waals surface area contributed by atoms with E-state index in [1.54, 1.807) is 37.5 Å². The first-order valence-corrected chi connectivity index (χ1v) is 10.5. The molecular formula is C25H30N2O3. The van der Waals surface area contributed by atoms with Crippen LogP contribution in [-0.4, -0.2) is 19.6 Å². The van der Waals surface area contributed by atoms with Gasteiger partial charge in [-0.05, 0) is 54.5 Å². The molecule has 158 valence electrons. The molecule has 0 aliphatic carbocycles. The van der Waals surface area contributed by atoms with Crippen molar-refractivity contribution < 1.29 is 14.3 Å². The van der Waals surface area contributed by atoms with Crippen LogP contribution in [0.5, 0.6) is 11.5 Å². The third-order valence-electron chi connectivity index (χ3n) is 4.67. The van der Waals surface area contributed by atoms with Crippen LogP contribution in [0.15, 0.2) is 54.1 Å². The molecule has 1 N–H and O–H groups in total. The molecule has 0 saturated carbocycles. The summed E-state index contributed by atoms with van der Waals surface area (Å²) < 4.78 is 10.9. The van der Waals surface area contributed by atoms with Gasteiger partial charge in [-0.1, -0.05) is 51.2 Å². The van der Waals surface area contributed by atoms with E-state index in [4.69, 9.17) is 9.47 Å². The maximum absolute atomic E-state index is 12.4.